The van der Waals surface area contributed by atoms with Crippen LogP contribution in [0.25, 0.3) is 0 Å². The monoisotopic (exact) mass is 394 g/mol. The first kappa shape index (κ1) is 21.0. The number of nitrogens with one attached hydrogen (secondary N) is 2. The van der Waals surface area contributed by atoms with Crippen molar-refractivity contribution in [1.29, 1.82) is 0 Å². The van der Waals surface area contributed by atoms with Gasteiger partial charge in [-0.05, 0) is 31.0 Å². The summed E-state index contributed by atoms with van der Waals surface area (Å²) in [7, 11) is 0. The van der Waals surface area contributed by atoms with Gasteiger partial charge >= 0.3 is 6.03 Å². The molecule has 0 bridgehead atoms. The maximum Gasteiger partial charge on any atom is 0.321 e. The summed E-state index contributed by atoms with van der Waals surface area (Å²) in [6, 6.07) is 19.2. The molecule has 2 aromatic rings. The third kappa shape index (κ3) is 6.14. The fraction of sp³-hybridized carbons (Fsp3) is 0.391. The number of amides is 3. The number of imide groups is 1. The first-order chi connectivity index (χ1) is 14.2. The molecule has 1 heterocycles. The van der Waals surface area contributed by atoms with Crippen LogP contribution in [-0.4, -0.2) is 54.5 Å². The lowest BCUT2D eigenvalue weighted by Crippen LogP contribution is -2.47. The summed E-state index contributed by atoms with van der Waals surface area (Å²) in [5, 5.41) is 5.14. The average molecular weight is 395 g/mol. The predicted molar refractivity (Wildman–Crippen MR) is 114 cm³/mol. The average Bonchev–Trinajstić information content (AvgIpc) is 2.95. The first-order valence-corrected chi connectivity index (χ1v) is 10.3. The Morgan fingerprint density at radius 1 is 0.931 bits per heavy atom. The van der Waals surface area contributed by atoms with Crippen LogP contribution in [0, 0.1) is 0 Å². The lowest BCUT2D eigenvalue weighted by Gasteiger charge is -2.30. The SMILES string of the molecule is CCNC(=O)NC(=O)C(c1ccccc1)N1CCCN(Cc2ccccc2)CC1. The van der Waals surface area contributed by atoms with Gasteiger partial charge in [0, 0.05) is 32.7 Å². The van der Waals surface area contributed by atoms with Crippen molar-refractivity contribution in [3.05, 3.63) is 71.8 Å². The Hall–Kier alpha value is -2.70. The fourth-order valence-electron chi connectivity index (χ4n) is 3.80. The molecule has 154 valence electrons. The Morgan fingerprint density at radius 3 is 2.31 bits per heavy atom. The van der Waals surface area contributed by atoms with Crippen molar-refractivity contribution in [3.8, 4) is 0 Å². The zero-order valence-electron chi connectivity index (χ0n) is 17.0. The smallest absolute Gasteiger partial charge is 0.321 e. The number of hydrogen-bond donors (Lipinski definition) is 2. The van der Waals surface area contributed by atoms with Gasteiger partial charge in [0.05, 0.1) is 0 Å². The van der Waals surface area contributed by atoms with Gasteiger partial charge in [-0.1, -0.05) is 60.7 Å². The maximum absolute atomic E-state index is 13.0. The fourth-order valence-corrected chi connectivity index (χ4v) is 3.80. The molecule has 3 rings (SSSR count). The lowest BCUT2D eigenvalue weighted by atomic mass is 10.0. The molecule has 0 aliphatic carbocycles. The van der Waals surface area contributed by atoms with E-state index in [1.54, 1.807) is 0 Å². The summed E-state index contributed by atoms with van der Waals surface area (Å²) in [4.78, 5) is 29.5. The van der Waals surface area contributed by atoms with Gasteiger partial charge in [-0.3, -0.25) is 19.9 Å². The van der Waals surface area contributed by atoms with Crippen LogP contribution in [0.15, 0.2) is 60.7 Å². The van der Waals surface area contributed by atoms with Gasteiger partial charge in [-0.25, -0.2) is 4.79 Å². The second kappa shape index (κ2) is 10.7. The number of hydrogen-bond acceptors (Lipinski definition) is 4. The number of carbonyl (C=O) groups excluding carboxylic acids is 2. The van der Waals surface area contributed by atoms with Crippen molar-refractivity contribution in [2.24, 2.45) is 0 Å². The van der Waals surface area contributed by atoms with E-state index < -0.39 is 12.1 Å². The van der Waals surface area contributed by atoms with E-state index in [0.717, 1.165) is 44.7 Å². The second-order valence-electron chi connectivity index (χ2n) is 7.31. The van der Waals surface area contributed by atoms with Crippen LogP contribution in [0.4, 0.5) is 4.79 Å². The molecular weight excluding hydrogens is 364 g/mol. The third-order valence-corrected chi connectivity index (χ3v) is 5.17. The highest BCUT2D eigenvalue weighted by Crippen LogP contribution is 2.23. The zero-order valence-corrected chi connectivity index (χ0v) is 17.0. The highest BCUT2D eigenvalue weighted by molar-refractivity contribution is 5.97. The molecule has 3 amide bonds. The van der Waals surface area contributed by atoms with E-state index in [4.69, 9.17) is 0 Å². The molecule has 2 aromatic carbocycles. The van der Waals surface area contributed by atoms with Crippen LogP contribution < -0.4 is 10.6 Å². The number of urea groups is 1. The van der Waals surface area contributed by atoms with Crippen molar-refractivity contribution in [1.82, 2.24) is 20.4 Å². The van der Waals surface area contributed by atoms with Crippen LogP contribution in [-0.2, 0) is 11.3 Å². The van der Waals surface area contributed by atoms with Crippen LogP contribution in [0.1, 0.15) is 30.5 Å². The Balaban J connectivity index is 1.70. The molecule has 0 saturated carbocycles. The standard InChI is InChI=1S/C23H30N4O2/c1-2-24-23(29)25-22(28)21(20-12-7-4-8-13-20)27-15-9-14-26(16-17-27)18-19-10-5-3-6-11-19/h3-8,10-13,21H,2,9,14-18H2,1H3,(H2,24,25,28,29). The van der Waals surface area contributed by atoms with Gasteiger partial charge in [0.15, 0.2) is 0 Å². The van der Waals surface area contributed by atoms with Crippen LogP contribution in [0.5, 0.6) is 0 Å². The summed E-state index contributed by atoms with van der Waals surface area (Å²) in [6.07, 6.45) is 0.977. The van der Waals surface area contributed by atoms with Gasteiger partial charge in [0.2, 0.25) is 5.91 Å². The van der Waals surface area contributed by atoms with Gasteiger partial charge in [-0.2, -0.15) is 0 Å². The van der Waals surface area contributed by atoms with E-state index in [9.17, 15) is 9.59 Å². The summed E-state index contributed by atoms with van der Waals surface area (Å²) in [6.45, 7) is 6.68. The lowest BCUT2D eigenvalue weighted by molar-refractivity contribution is -0.125. The molecule has 1 aliphatic heterocycles. The number of carbonyl (C=O) groups is 2. The van der Waals surface area contributed by atoms with Crippen LogP contribution >= 0.6 is 0 Å². The van der Waals surface area contributed by atoms with Crippen molar-refractivity contribution in [3.63, 3.8) is 0 Å². The van der Waals surface area contributed by atoms with Gasteiger partial charge in [0.25, 0.3) is 0 Å². The Bertz CT molecular complexity index is 782. The first-order valence-electron chi connectivity index (χ1n) is 10.3. The van der Waals surface area contributed by atoms with Gasteiger partial charge in [-0.15, -0.1) is 0 Å². The molecule has 6 heteroatoms. The van der Waals surface area contributed by atoms with E-state index in [2.05, 4.69) is 44.7 Å². The maximum atomic E-state index is 13.0. The quantitative estimate of drug-likeness (QED) is 0.791. The highest BCUT2D eigenvalue weighted by atomic mass is 16.2. The van der Waals surface area contributed by atoms with E-state index in [0.29, 0.717) is 6.54 Å². The molecule has 6 nitrogen and oxygen atoms in total. The Morgan fingerprint density at radius 2 is 1.62 bits per heavy atom. The molecule has 1 fully saturated rings. The van der Waals surface area contributed by atoms with Gasteiger partial charge < -0.3 is 5.32 Å². The van der Waals surface area contributed by atoms with Crippen LogP contribution in [0.2, 0.25) is 0 Å². The molecule has 0 aromatic heterocycles. The number of nitrogens with zero attached hydrogens (tertiary/aromatic N) is 2. The summed E-state index contributed by atoms with van der Waals surface area (Å²) < 4.78 is 0. The number of rotatable bonds is 6. The largest absolute Gasteiger partial charge is 0.338 e. The zero-order chi connectivity index (χ0) is 20.5. The van der Waals surface area contributed by atoms with Crippen molar-refractivity contribution in [2.75, 3.05) is 32.7 Å². The van der Waals surface area contributed by atoms with E-state index in [-0.39, 0.29) is 5.91 Å². The molecule has 1 unspecified atom stereocenters. The van der Waals surface area contributed by atoms with Gasteiger partial charge in [0.1, 0.15) is 6.04 Å². The molecule has 29 heavy (non-hydrogen) atoms. The summed E-state index contributed by atoms with van der Waals surface area (Å²) in [5.41, 5.74) is 2.21. The van der Waals surface area contributed by atoms with Crippen molar-refractivity contribution in [2.45, 2.75) is 25.9 Å². The minimum absolute atomic E-state index is 0.279. The molecule has 1 atom stereocenters. The normalized spacial score (nSPS) is 16.6. The second-order valence-corrected chi connectivity index (χ2v) is 7.31. The topological polar surface area (TPSA) is 64.7 Å². The number of benzene rings is 2. The van der Waals surface area contributed by atoms with Crippen LogP contribution in [0.3, 0.4) is 0 Å². The minimum Gasteiger partial charge on any atom is -0.338 e. The predicted octanol–water partition coefficient (Wildman–Crippen LogP) is 2.78. The molecule has 1 aliphatic rings. The summed E-state index contributed by atoms with van der Waals surface area (Å²) >= 11 is 0. The Kier molecular flexibility index (Phi) is 7.78. The summed E-state index contributed by atoms with van der Waals surface area (Å²) in [5.74, 6) is -0.279. The van der Waals surface area contributed by atoms with E-state index in [1.807, 2.05) is 43.3 Å². The highest BCUT2D eigenvalue weighted by Gasteiger charge is 2.30. The minimum atomic E-state index is -0.476. The molecule has 1 saturated heterocycles. The molecular formula is C23H30N4O2. The van der Waals surface area contributed by atoms with E-state index in [1.165, 1.54) is 5.56 Å². The molecule has 0 radical (unpaired) electrons. The van der Waals surface area contributed by atoms with Crippen molar-refractivity contribution < 1.29 is 9.59 Å². The Labute approximate surface area is 172 Å². The third-order valence-electron chi connectivity index (χ3n) is 5.17. The molecule has 0 spiro atoms. The molecule has 2 N–H and O–H groups in total. The van der Waals surface area contributed by atoms with Crippen molar-refractivity contribution >= 4 is 11.9 Å². The van der Waals surface area contributed by atoms with E-state index >= 15 is 0 Å².